The Balaban J connectivity index is 2.43. The van der Waals surface area contributed by atoms with Crippen LogP contribution in [0.25, 0.3) is 5.65 Å². The van der Waals surface area contributed by atoms with Gasteiger partial charge in [-0.15, -0.1) is 0 Å². The number of hydrogen-bond acceptors (Lipinski definition) is 2. The van der Waals surface area contributed by atoms with Crippen molar-refractivity contribution >= 4 is 5.65 Å². The van der Waals surface area contributed by atoms with Crippen LogP contribution in [0.2, 0.25) is 0 Å². The zero-order chi connectivity index (χ0) is 8.55. The first-order valence-electron chi connectivity index (χ1n) is 3.97. The lowest BCUT2D eigenvalue weighted by Crippen LogP contribution is -1.91. The number of fused-ring (bicyclic) bond motifs is 1. The molecule has 2 aromatic rings. The van der Waals surface area contributed by atoms with E-state index >= 15 is 0 Å². The molecule has 2 rings (SSSR count). The summed E-state index contributed by atoms with van der Waals surface area (Å²) in [4.78, 5) is 4.27. The largest absolute Gasteiger partial charge is 0.478 e. The molecule has 64 valence electrons. The van der Waals surface area contributed by atoms with Gasteiger partial charge in [-0.2, -0.15) is 0 Å². The highest BCUT2D eigenvalue weighted by molar-refractivity contribution is 5.42. The molecular formula is C8H11N3O. The number of imidazole rings is 1. The molecule has 0 atom stereocenters. The Labute approximate surface area is 70.2 Å². The molecule has 0 amide bonds. The van der Waals surface area contributed by atoms with Gasteiger partial charge in [-0.05, 0) is 13.8 Å². The fourth-order valence-electron chi connectivity index (χ4n) is 1.21. The van der Waals surface area contributed by atoms with Crippen molar-refractivity contribution in [3.05, 3.63) is 18.0 Å². The van der Waals surface area contributed by atoms with Crippen molar-refractivity contribution in [1.29, 1.82) is 0 Å². The molecule has 0 unspecified atom stereocenters. The SMILES string of the molecule is CCOc1cc2nc(C)cn2[nH]1. The van der Waals surface area contributed by atoms with Crippen molar-refractivity contribution in [3.63, 3.8) is 0 Å². The van der Waals surface area contributed by atoms with Gasteiger partial charge in [0.2, 0.25) is 5.88 Å². The standard InChI is InChI=1S/C8H11N3O/c1-3-12-8-4-7-9-6(2)5-11(7)10-8/h4-5,10H,3H2,1-2H3. The van der Waals surface area contributed by atoms with Gasteiger partial charge >= 0.3 is 0 Å². The second-order valence-corrected chi connectivity index (χ2v) is 2.66. The van der Waals surface area contributed by atoms with Crippen LogP contribution in [0.5, 0.6) is 5.88 Å². The van der Waals surface area contributed by atoms with Gasteiger partial charge in [0, 0.05) is 6.07 Å². The summed E-state index contributed by atoms with van der Waals surface area (Å²) >= 11 is 0. The predicted octanol–water partition coefficient (Wildman–Crippen LogP) is 1.37. The monoisotopic (exact) mass is 165 g/mol. The summed E-state index contributed by atoms with van der Waals surface area (Å²) in [7, 11) is 0. The Kier molecular flexibility index (Phi) is 1.53. The molecule has 0 aliphatic rings. The van der Waals surface area contributed by atoms with Crippen LogP contribution in [-0.2, 0) is 0 Å². The molecule has 12 heavy (non-hydrogen) atoms. The molecule has 2 aromatic heterocycles. The smallest absolute Gasteiger partial charge is 0.209 e. The topological polar surface area (TPSA) is 42.3 Å². The second kappa shape index (κ2) is 2.55. The van der Waals surface area contributed by atoms with Gasteiger partial charge in [-0.1, -0.05) is 0 Å². The molecule has 4 nitrogen and oxygen atoms in total. The van der Waals surface area contributed by atoms with E-state index in [9.17, 15) is 0 Å². The van der Waals surface area contributed by atoms with Gasteiger partial charge in [-0.3, -0.25) is 5.10 Å². The van der Waals surface area contributed by atoms with E-state index in [-0.39, 0.29) is 0 Å². The maximum Gasteiger partial charge on any atom is 0.209 e. The number of aromatic nitrogens is 3. The van der Waals surface area contributed by atoms with E-state index in [1.54, 1.807) is 0 Å². The van der Waals surface area contributed by atoms with Crippen LogP contribution in [0, 0.1) is 6.92 Å². The maximum absolute atomic E-state index is 5.27. The summed E-state index contributed by atoms with van der Waals surface area (Å²) in [5.74, 6) is 0.764. The Morgan fingerprint density at radius 3 is 3.17 bits per heavy atom. The second-order valence-electron chi connectivity index (χ2n) is 2.66. The van der Waals surface area contributed by atoms with Crippen molar-refractivity contribution in [3.8, 4) is 5.88 Å². The number of hydrogen-bond donors (Lipinski definition) is 1. The van der Waals surface area contributed by atoms with Gasteiger partial charge in [0.05, 0.1) is 18.5 Å². The highest BCUT2D eigenvalue weighted by Gasteiger charge is 2.02. The van der Waals surface area contributed by atoms with Gasteiger partial charge in [0.25, 0.3) is 0 Å². The van der Waals surface area contributed by atoms with Crippen LogP contribution < -0.4 is 4.74 Å². The quantitative estimate of drug-likeness (QED) is 0.730. The number of aryl methyl sites for hydroxylation is 1. The first-order chi connectivity index (χ1) is 5.79. The van der Waals surface area contributed by atoms with Crippen molar-refractivity contribution in [2.45, 2.75) is 13.8 Å². The van der Waals surface area contributed by atoms with Gasteiger partial charge in [0.15, 0.2) is 5.65 Å². The summed E-state index contributed by atoms with van der Waals surface area (Å²) in [6.07, 6.45) is 1.93. The van der Waals surface area contributed by atoms with E-state index < -0.39 is 0 Å². The molecule has 0 bridgehead atoms. The molecule has 0 aliphatic heterocycles. The molecule has 0 aromatic carbocycles. The zero-order valence-corrected chi connectivity index (χ0v) is 7.16. The summed E-state index contributed by atoms with van der Waals surface area (Å²) in [5, 5.41) is 3.05. The molecule has 0 saturated carbocycles. The number of nitrogens with zero attached hydrogens (tertiary/aromatic N) is 2. The van der Waals surface area contributed by atoms with Crippen LogP contribution in [0.4, 0.5) is 0 Å². The lowest BCUT2D eigenvalue weighted by Gasteiger charge is -1.95. The van der Waals surface area contributed by atoms with Crippen molar-refractivity contribution in [1.82, 2.24) is 14.6 Å². The molecule has 0 fully saturated rings. The molecule has 0 saturated heterocycles. The predicted molar refractivity (Wildman–Crippen MR) is 45.4 cm³/mol. The normalized spacial score (nSPS) is 10.8. The molecule has 0 aliphatic carbocycles. The van der Waals surface area contributed by atoms with Crippen molar-refractivity contribution in [2.24, 2.45) is 0 Å². The third-order valence-electron chi connectivity index (χ3n) is 1.64. The van der Waals surface area contributed by atoms with Crippen LogP contribution in [-0.4, -0.2) is 21.2 Å². The number of nitrogens with one attached hydrogen (secondary N) is 1. The summed E-state index contributed by atoms with van der Waals surface area (Å²) in [6, 6.07) is 1.89. The van der Waals surface area contributed by atoms with E-state index in [1.165, 1.54) is 0 Å². The van der Waals surface area contributed by atoms with Crippen LogP contribution in [0.1, 0.15) is 12.6 Å². The average Bonchev–Trinajstić information content (AvgIpc) is 2.44. The fourth-order valence-corrected chi connectivity index (χ4v) is 1.21. The lowest BCUT2D eigenvalue weighted by molar-refractivity contribution is 0.325. The van der Waals surface area contributed by atoms with Crippen molar-refractivity contribution < 1.29 is 4.74 Å². The molecule has 2 heterocycles. The first-order valence-corrected chi connectivity index (χ1v) is 3.97. The zero-order valence-electron chi connectivity index (χ0n) is 7.16. The highest BCUT2D eigenvalue weighted by atomic mass is 16.5. The molecule has 4 heteroatoms. The Morgan fingerprint density at radius 1 is 1.67 bits per heavy atom. The minimum atomic E-state index is 0.669. The lowest BCUT2D eigenvalue weighted by atomic mass is 10.6. The van der Waals surface area contributed by atoms with E-state index in [2.05, 4.69) is 10.1 Å². The minimum absolute atomic E-state index is 0.669. The number of rotatable bonds is 2. The molecular weight excluding hydrogens is 154 g/mol. The van der Waals surface area contributed by atoms with Crippen LogP contribution >= 0.6 is 0 Å². The van der Waals surface area contributed by atoms with Gasteiger partial charge < -0.3 is 4.74 Å². The number of ether oxygens (including phenoxy) is 1. The van der Waals surface area contributed by atoms with Crippen LogP contribution in [0.3, 0.4) is 0 Å². The Morgan fingerprint density at radius 2 is 2.50 bits per heavy atom. The van der Waals surface area contributed by atoms with E-state index in [1.807, 2.05) is 30.6 Å². The Bertz CT molecular complexity index is 356. The maximum atomic E-state index is 5.27. The van der Waals surface area contributed by atoms with Crippen LogP contribution in [0.15, 0.2) is 12.3 Å². The van der Waals surface area contributed by atoms with Gasteiger partial charge in [-0.25, -0.2) is 9.50 Å². The Hall–Kier alpha value is -1.45. The molecule has 0 spiro atoms. The fraction of sp³-hybridized carbons (Fsp3) is 0.375. The number of H-pyrrole nitrogens is 1. The first kappa shape index (κ1) is 7.21. The van der Waals surface area contributed by atoms with Gasteiger partial charge in [0.1, 0.15) is 0 Å². The average molecular weight is 165 g/mol. The van der Waals surface area contributed by atoms with E-state index in [0.29, 0.717) is 6.61 Å². The molecule has 0 radical (unpaired) electrons. The van der Waals surface area contributed by atoms with E-state index in [0.717, 1.165) is 17.2 Å². The highest BCUT2D eigenvalue weighted by Crippen LogP contribution is 2.12. The van der Waals surface area contributed by atoms with E-state index in [4.69, 9.17) is 4.74 Å². The summed E-state index contributed by atoms with van der Waals surface area (Å²) < 4.78 is 7.12. The van der Waals surface area contributed by atoms with Crippen molar-refractivity contribution in [2.75, 3.05) is 6.61 Å². The number of aromatic amines is 1. The minimum Gasteiger partial charge on any atom is -0.478 e. The third kappa shape index (κ3) is 1.05. The summed E-state index contributed by atoms with van der Waals surface area (Å²) in [6.45, 7) is 4.58. The molecule has 1 N–H and O–H groups in total. The summed E-state index contributed by atoms with van der Waals surface area (Å²) in [5.41, 5.74) is 1.90. The third-order valence-corrected chi connectivity index (χ3v) is 1.64.